The molecule has 0 radical (unpaired) electrons. The lowest BCUT2D eigenvalue weighted by Gasteiger charge is -1.95. The Morgan fingerprint density at radius 1 is 1.40 bits per heavy atom. The molecule has 4 amide bonds. The van der Waals surface area contributed by atoms with E-state index in [0.717, 1.165) is 0 Å². The number of carbonyl (C=O) groups is 3. The van der Waals surface area contributed by atoms with Crippen molar-refractivity contribution in [3.63, 3.8) is 0 Å². The second-order valence-electron chi connectivity index (χ2n) is 4.03. The maximum Gasteiger partial charge on any atom is 0.322 e. The Kier molecular flexibility index (Phi) is 3.98. The van der Waals surface area contributed by atoms with Crippen LogP contribution in [0.4, 0.5) is 4.79 Å². The highest BCUT2D eigenvalue weighted by molar-refractivity contribution is 6.05. The van der Waals surface area contributed by atoms with Crippen molar-refractivity contribution in [3.8, 4) is 11.8 Å². The van der Waals surface area contributed by atoms with Gasteiger partial charge in [0.1, 0.15) is 0 Å². The fourth-order valence-electron chi connectivity index (χ4n) is 1.62. The summed E-state index contributed by atoms with van der Waals surface area (Å²) in [5, 5.41) is 13.0. The highest BCUT2D eigenvalue weighted by atomic mass is 16.5. The molecule has 0 aromatic rings. The van der Waals surface area contributed by atoms with E-state index in [4.69, 9.17) is 5.21 Å². The van der Waals surface area contributed by atoms with Crippen molar-refractivity contribution < 1.29 is 19.6 Å². The third-order valence-corrected chi connectivity index (χ3v) is 2.61. The summed E-state index contributed by atoms with van der Waals surface area (Å²) in [6.45, 7) is 0. The van der Waals surface area contributed by atoms with E-state index in [-0.39, 0.29) is 5.57 Å². The van der Waals surface area contributed by atoms with Crippen molar-refractivity contribution in [3.05, 3.63) is 35.5 Å². The van der Waals surface area contributed by atoms with E-state index in [1.165, 1.54) is 6.08 Å². The molecule has 0 saturated carbocycles. The van der Waals surface area contributed by atoms with E-state index >= 15 is 0 Å². The van der Waals surface area contributed by atoms with Gasteiger partial charge in [-0.1, -0.05) is 24.0 Å². The van der Waals surface area contributed by atoms with Crippen molar-refractivity contribution in [2.75, 3.05) is 0 Å². The SMILES string of the molecule is O=C1NC(=O)C(C#CC2=CC=C(C(=O)NO)C=CC2)N1. The first-order chi connectivity index (χ1) is 9.60. The van der Waals surface area contributed by atoms with Gasteiger partial charge in [0, 0.05) is 11.1 Å². The van der Waals surface area contributed by atoms with Crippen LogP contribution in [0.25, 0.3) is 0 Å². The molecule has 2 rings (SSSR count). The summed E-state index contributed by atoms with van der Waals surface area (Å²) < 4.78 is 0. The van der Waals surface area contributed by atoms with E-state index in [2.05, 4.69) is 22.5 Å². The van der Waals surface area contributed by atoms with Crippen LogP contribution in [0.1, 0.15) is 6.42 Å². The molecule has 0 aromatic carbocycles. The zero-order chi connectivity index (χ0) is 14.5. The third-order valence-electron chi connectivity index (χ3n) is 2.61. The molecule has 0 aromatic heterocycles. The van der Waals surface area contributed by atoms with Crippen LogP contribution in [0.3, 0.4) is 0 Å². The zero-order valence-electron chi connectivity index (χ0n) is 10.3. The number of hydroxylamine groups is 1. The highest BCUT2D eigenvalue weighted by Gasteiger charge is 2.27. The minimum atomic E-state index is -0.861. The Labute approximate surface area is 114 Å². The van der Waals surface area contributed by atoms with Gasteiger partial charge in [-0.05, 0) is 18.6 Å². The molecule has 1 fully saturated rings. The van der Waals surface area contributed by atoms with Crippen LogP contribution in [0.5, 0.6) is 0 Å². The van der Waals surface area contributed by atoms with Crippen molar-refractivity contribution in [2.45, 2.75) is 12.5 Å². The number of carbonyl (C=O) groups excluding carboxylic acids is 3. The summed E-state index contributed by atoms with van der Waals surface area (Å²) in [5.74, 6) is 4.32. The molecule has 102 valence electrons. The van der Waals surface area contributed by atoms with Crippen molar-refractivity contribution in [1.82, 2.24) is 16.1 Å². The van der Waals surface area contributed by atoms with Crippen LogP contribution < -0.4 is 16.1 Å². The van der Waals surface area contributed by atoms with Gasteiger partial charge in [-0.15, -0.1) is 0 Å². The summed E-state index contributed by atoms with van der Waals surface area (Å²) >= 11 is 0. The molecule has 1 unspecified atom stereocenters. The summed E-state index contributed by atoms with van der Waals surface area (Å²) in [6.07, 6.45) is 6.87. The van der Waals surface area contributed by atoms with Gasteiger partial charge < -0.3 is 5.32 Å². The second kappa shape index (κ2) is 5.86. The van der Waals surface area contributed by atoms with Crippen molar-refractivity contribution in [1.29, 1.82) is 0 Å². The minimum absolute atomic E-state index is 0.288. The van der Waals surface area contributed by atoms with Crippen LogP contribution in [-0.2, 0) is 9.59 Å². The molecule has 0 bridgehead atoms. The lowest BCUT2D eigenvalue weighted by Crippen LogP contribution is -2.26. The molecular formula is C13H11N3O4. The molecular weight excluding hydrogens is 262 g/mol. The Balaban J connectivity index is 2.12. The maximum atomic E-state index is 11.3. The number of urea groups is 1. The number of imide groups is 1. The van der Waals surface area contributed by atoms with Gasteiger partial charge in [0.25, 0.3) is 11.8 Å². The molecule has 1 atom stereocenters. The van der Waals surface area contributed by atoms with Gasteiger partial charge >= 0.3 is 6.03 Å². The van der Waals surface area contributed by atoms with Gasteiger partial charge in [0.05, 0.1) is 0 Å². The standard InChI is InChI=1S/C13H11N3O4/c17-11(16-20)9-3-1-2-8(4-6-9)5-7-10-12(18)15-13(19)14-10/h1,3-4,6,10,20H,2H2,(H,16,17)(H2,14,15,18,19). The van der Waals surface area contributed by atoms with Crippen LogP contribution in [0.15, 0.2) is 35.5 Å². The fourth-order valence-corrected chi connectivity index (χ4v) is 1.62. The van der Waals surface area contributed by atoms with Crippen molar-refractivity contribution >= 4 is 17.8 Å². The average Bonchev–Trinajstić information content (AvgIpc) is 2.65. The molecule has 1 aliphatic carbocycles. The number of hydrogen-bond donors (Lipinski definition) is 4. The van der Waals surface area contributed by atoms with Crippen LogP contribution in [0, 0.1) is 11.8 Å². The van der Waals surface area contributed by atoms with Gasteiger partial charge in [0.2, 0.25) is 0 Å². The molecule has 4 N–H and O–H groups in total. The lowest BCUT2D eigenvalue weighted by atomic mass is 10.1. The predicted octanol–water partition coefficient (Wildman–Crippen LogP) is -0.484. The molecule has 7 nitrogen and oxygen atoms in total. The van der Waals surface area contributed by atoms with Gasteiger partial charge in [0.15, 0.2) is 6.04 Å². The van der Waals surface area contributed by atoms with Crippen LogP contribution in [0.2, 0.25) is 0 Å². The van der Waals surface area contributed by atoms with Crippen LogP contribution >= 0.6 is 0 Å². The average molecular weight is 273 g/mol. The van der Waals surface area contributed by atoms with E-state index in [1.807, 2.05) is 0 Å². The number of amides is 4. The van der Waals surface area contributed by atoms with E-state index < -0.39 is 23.9 Å². The number of rotatable bonds is 1. The molecule has 1 saturated heterocycles. The molecule has 2 aliphatic rings. The fraction of sp³-hybridized carbons (Fsp3) is 0.154. The summed E-state index contributed by atoms with van der Waals surface area (Å²) in [4.78, 5) is 33.4. The maximum absolute atomic E-state index is 11.3. The number of allylic oxidation sites excluding steroid dienone is 4. The van der Waals surface area contributed by atoms with Gasteiger partial charge in [-0.3, -0.25) is 20.1 Å². The zero-order valence-corrected chi connectivity index (χ0v) is 10.3. The smallest absolute Gasteiger partial charge is 0.316 e. The summed E-state index contributed by atoms with van der Waals surface area (Å²) in [7, 11) is 0. The summed E-state index contributed by atoms with van der Waals surface area (Å²) in [5.41, 5.74) is 2.51. The Morgan fingerprint density at radius 2 is 2.20 bits per heavy atom. The van der Waals surface area contributed by atoms with Gasteiger partial charge in [-0.25, -0.2) is 10.3 Å². The lowest BCUT2D eigenvalue weighted by molar-refractivity contribution is -0.125. The van der Waals surface area contributed by atoms with Crippen molar-refractivity contribution in [2.24, 2.45) is 0 Å². The highest BCUT2D eigenvalue weighted by Crippen LogP contribution is 2.10. The normalized spacial score (nSPS) is 20.8. The topological polar surface area (TPSA) is 108 Å². The largest absolute Gasteiger partial charge is 0.322 e. The van der Waals surface area contributed by atoms with E-state index in [1.54, 1.807) is 23.7 Å². The molecule has 1 aliphatic heterocycles. The summed E-state index contributed by atoms with van der Waals surface area (Å²) in [6, 6.07) is -1.43. The Morgan fingerprint density at radius 3 is 2.85 bits per heavy atom. The van der Waals surface area contributed by atoms with Gasteiger partial charge in [-0.2, -0.15) is 0 Å². The number of nitrogens with one attached hydrogen (secondary N) is 3. The minimum Gasteiger partial charge on any atom is -0.316 e. The molecule has 0 spiro atoms. The first-order valence-electron chi connectivity index (χ1n) is 5.75. The Bertz CT molecular complexity index is 619. The third kappa shape index (κ3) is 3.13. The number of hydrogen-bond acceptors (Lipinski definition) is 4. The van der Waals surface area contributed by atoms with Crippen LogP contribution in [-0.4, -0.2) is 29.1 Å². The first-order valence-corrected chi connectivity index (χ1v) is 5.75. The molecule has 1 heterocycles. The quantitative estimate of drug-likeness (QED) is 0.224. The predicted molar refractivity (Wildman–Crippen MR) is 68.1 cm³/mol. The van der Waals surface area contributed by atoms with E-state index in [9.17, 15) is 14.4 Å². The molecule has 20 heavy (non-hydrogen) atoms. The molecule has 7 heteroatoms. The monoisotopic (exact) mass is 273 g/mol. The second-order valence-corrected chi connectivity index (χ2v) is 4.03. The Hall–Kier alpha value is -2.85. The van der Waals surface area contributed by atoms with E-state index in [0.29, 0.717) is 12.0 Å². The first kappa shape index (κ1) is 13.6.